The van der Waals surface area contributed by atoms with E-state index in [0.717, 1.165) is 12.1 Å². The molecular formula is C11H21NS. The third kappa shape index (κ3) is 3.17. The highest BCUT2D eigenvalue weighted by atomic mass is 32.2. The lowest BCUT2D eigenvalue weighted by Gasteiger charge is -2.30. The van der Waals surface area contributed by atoms with Gasteiger partial charge in [0.15, 0.2) is 0 Å². The Balaban J connectivity index is 1.69. The molecule has 13 heavy (non-hydrogen) atoms. The Hall–Kier alpha value is 0.310. The Kier molecular flexibility index (Phi) is 3.98. The molecule has 0 aromatic carbocycles. The van der Waals surface area contributed by atoms with Gasteiger partial charge in [0.05, 0.1) is 0 Å². The quantitative estimate of drug-likeness (QED) is 0.734. The number of thioether (sulfide) groups is 1. The molecule has 2 heteroatoms. The molecule has 2 aliphatic rings. The highest BCUT2D eigenvalue weighted by Crippen LogP contribution is 2.22. The van der Waals surface area contributed by atoms with Gasteiger partial charge in [-0.05, 0) is 37.2 Å². The van der Waals surface area contributed by atoms with Gasteiger partial charge in [0.1, 0.15) is 0 Å². The van der Waals surface area contributed by atoms with Crippen LogP contribution in [0.4, 0.5) is 0 Å². The van der Waals surface area contributed by atoms with Crippen LogP contribution < -0.4 is 5.32 Å². The van der Waals surface area contributed by atoms with Crippen LogP contribution in [0.2, 0.25) is 0 Å². The molecule has 1 saturated heterocycles. The lowest BCUT2D eigenvalue weighted by molar-refractivity contribution is 0.326. The summed E-state index contributed by atoms with van der Waals surface area (Å²) in [5.74, 6) is 2.76. The molecule has 1 aliphatic heterocycles. The highest BCUT2D eigenvalue weighted by Gasteiger charge is 2.19. The van der Waals surface area contributed by atoms with Gasteiger partial charge >= 0.3 is 0 Å². The molecule has 0 aromatic heterocycles. The minimum absolute atomic E-state index is 0.851. The van der Waals surface area contributed by atoms with Crippen LogP contribution in [-0.2, 0) is 0 Å². The molecule has 0 aromatic rings. The van der Waals surface area contributed by atoms with Gasteiger partial charge in [-0.2, -0.15) is 11.8 Å². The summed E-state index contributed by atoms with van der Waals surface area (Å²) in [6.07, 6.45) is 10.1. The molecule has 2 fully saturated rings. The molecule has 1 N–H and O–H groups in total. The van der Waals surface area contributed by atoms with Gasteiger partial charge in [-0.3, -0.25) is 0 Å². The fraction of sp³-hybridized carbons (Fsp3) is 1.00. The average molecular weight is 199 g/mol. The van der Waals surface area contributed by atoms with Crippen LogP contribution in [0.1, 0.15) is 44.9 Å². The Morgan fingerprint density at radius 1 is 0.769 bits per heavy atom. The first-order valence-electron chi connectivity index (χ1n) is 5.79. The lowest BCUT2D eigenvalue weighted by atomic mass is 9.94. The van der Waals surface area contributed by atoms with Crippen molar-refractivity contribution in [3.05, 3.63) is 0 Å². The fourth-order valence-electron chi connectivity index (χ4n) is 2.47. The molecular weight excluding hydrogens is 178 g/mol. The molecule has 1 nitrogen and oxygen atoms in total. The zero-order chi connectivity index (χ0) is 8.93. The molecule has 1 aliphatic carbocycles. The molecule has 0 amide bonds. The van der Waals surface area contributed by atoms with Crippen molar-refractivity contribution < 1.29 is 0 Å². The average Bonchev–Trinajstić information content (AvgIpc) is 2.21. The standard InChI is InChI=1S/C11H21NS/c1-2-4-10(5-3-1)12-11-6-8-13-9-7-11/h10-12H,1-9H2. The van der Waals surface area contributed by atoms with Crippen molar-refractivity contribution in [2.45, 2.75) is 57.0 Å². The van der Waals surface area contributed by atoms with Gasteiger partial charge in [-0.1, -0.05) is 19.3 Å². The maximum atomic E-state index is 3.84. The molecule has 1 saturated carbocycles. The van der Waals surface area contributed by atoms with Crippen LogP contribution in [0, 0.1) is 0 Å². The van der Waals surface area contributed by atoms with E-state index >= 15 is 0 Å². The second kappa shape index (κ2) is 5.26. The minimum atomic E-state index is 0.851. The maximum Gasteiger partial charge on any atom is 0.00853 e. The molecule has 0 unspecified atom stereocenters. The molecule has 2 rings (SSSR count). The van der Waals surface area contributed by atoms with E-state index in [0.29, 0.717) is 0 Å². The van der Waals surface area contributed by atoms with Gasteiger partial charge in [0, 0.05) is 12.1 Å². The summed E-state index contributed by atoms with van der Waals surface area (Å²) < 4.78 is 0. The molecule has 0 radical (unpaired) electrons. The Morgan fingerprint density at radius 2 is 1.38 bits per heavy atom. The van der Waals surface area contributed by atoms with Gasteiger partial charge in [-0.25, -0.2) is 0 Å². The van der Waals surface area contributed by atoms with Crippen molar-refractivity contribution in [1.29, 1.82) is 0 Å². The first-order chi connectivity index (χ1) is 6.45. The zero-order valence-electron chi connectivity index (χ0n) is 8.43. The van der Waals surface area contributed by atoms with Gasteiger partial charge < -0.3 is 5.32 Å². The monoisotopic (exact) mass is 199 g/mol. The van der Waals surface area contributed by atoms with Crippen molar-refractivity contribution in [2.24, 2.45) is 0 Å². The molecule has 0 atom stereocenters. The van der Waals surface area contributed by atoms with E-state index in [2.05, 4.69) is 17.1 Å². The van der Waals surface area contributed by atoms with E-state index in [1.807, 2.05) is 0 Å². The predicted octanol–water partition coefficient (Wildman–Crippen LogP) is 2.80. The summed E-state index contributed by atoms with van der Waals surface area (Å²) in [7, 11) is 0. The second-order valence-electron chi connectivity index (χ2n) is 4.39. The van der Waals surface area contributed by atoms with Crippen LogP contribution in [0.15, 0.2) is 0 Å². The first-order valence-corrected chi connectivity index (χ1v) is 6.94. The van der Waals surface area contributed by atoms with E-state index in [9.17, 15) is 0 Å². The van der Waals surface area contributed by atoms with Crippen LogP contribution in [0.25, 0.3) is 0 Å². The normalized spacial score (nSPS) is 27.7. The van der Waals surface area contributed by atoms with Crippen molar-refractivity contribution in [1.82, 2.24) is 5.32 Å². The van der Waals surface area contributed by atoms with Crippen molar-refractivity contribution >= 4 is 11.8 Å². The summed E-state index contributed by atoms with van der Waals surface area (Å²) in [6.45, 7) is 0. The third-order valence-electron chi connectivity index (χ3n) is 3.30. The van der Waals surface area contributed by atoms with Gasteiger partial charge in [0.25, 0.3) is 0 Å². The molecule has 0 spiro atoms. The van der Waals surface area contributed by atoms with Gasteiger partial charge in [-0.15, -0.1) is 0 Å². The molecule has 1 heterocycles. The molecule has 76 valence electrons. The Labute approximate surface area is 86.0 Å². The maximum absolute atomic E-state index is 3.84. The van der Waals surface area contributed by atoms with Crippen molar-refractivity contribution in [2.75, 3.05) is 11.5 Å². The SMILES string of the molecule is C1CCC(NC2CCSCC2)CC1. The van der Waals surface area contributed by atoms with Crippen LogP contribution in [-0.4, -0.2) is 23.6 Å². The van der Waals surface area contributed by atoms with E-state index in [-0.39, 0.29) is 0 Å². The number of hydrogen-bond donors (Lipinski definition) is 1. The van der Waals surface area contributed by atoms with E-state index in [1.54, 1.807) is 0 Å². The fourth-order valence-corrected chi connectivity index (χ4v) is 3.57. The van der Waals surface area contributed by atoms with Crippen molar-refractivity contribution in [3.8, 4) is 0 Å². The molecule has 0 bridgehead atoms. The highest BCUT2D eigenvalue weighted by molar-refractivity contribution is 7.99. The predicted molar refractivity (Wildman–Crippen MR) is 60.4 cm³/mol. The van der Waals surface area contributed by atoms with Crippen LogP contribution >= 0.6 is 11.8 Å². The van der Waals surface area contributed by atoms with E-state index in [4.69, 9.17) is 0 Å². The van der Waals surface area contributed by atoms with Crippen LogP contribution in [0.3, 0.4) is 0 Å². The Bertz CT molecular complexity index is 121. The van der Waals surface area contributed by atoms with Crippen LogP contribution in [0.5, 0.6) is 0 Å². The topological polar surface area (TPSA) is 12.0 Å². The Morgan fingerprint density at radius 3 is 2.08 bits per heavy atom. The van der Waals surface area contributed by atoms with E-state index < -0.39 is 0 Å². The summed E-state index contributed by atoms with van der Waals surface area (Å²) >= 11 is 2.12. The largest absolute Gasteiger partial charge is 0.311 e. The smallest absolute Gasteiger partial charge is 0.00853 e. The number of nitrogens with one attached hydrogen (secondary N) is 1. The zero-order valence-corrected chi connectivity index (χ0v) is 9.24. The summed E-state index contributed by atoms with van der Waals surface area (Å²) in [5, 5.41) is 3.84. The van der Waals surface area contributed by atoms with Gasteiger partial charge in [0.2, 0.25) is 0 Å². The second-order valence-corrected chi connectivity index (χ2v) is 5.61. The first kappa shape index (κ1) is 9.85. The van der Waals surface area contributed by atoms with Crippen molar-refractivity contribution in [3.63, 3.8) is 0 Å². The summed E-state index contributed by atoms with van der Waals surface area (Å²) in [4.78, 5) is 0. The number of hydrogen-bond acceptors (Lipinski definition) is 2. The lowest BCUT2D eigenvalue weighted by Crippen LogP contribution is -2.41. The van der Waals surface area contributed by atoms with E-state index in [1.165, 1.54) is 56.5 Å². The third-order valence-corrected chi connectivity index (χ3v) is 4.35. The number of rotatable bonds is 2. The summed E-state index contributed by atoms with van der Waals surface area (Å²) in [6, 6.07) is 1.71. The minimum Gasteiger partial charge on any atom is -0.311 e. The summed E-state index contributed by atoms with van der Waals surface area (Å²) in [5.41, 5.74) is 0.